The van der Waals surface area contributed by atoms with Gasteiger partial charge in [-0.1, -0.05) is 6.07 Å². The summed E-state index contributed by atoms with van der Waals surface area (Å²) in [6.07, 6.45) is 4.34. The number of fused-ring (bicyclic) bond motifs is 1. The van der Waals surface area contributed by atoms with Crippen molar-refractivity contribution in [2.45, 2.75) is 46.5 Å². The molecule has 0 saturated carbocycles. The van der Waals surface area contributed by atoms with Crippen molar-refractivity contribution in [2.24, 2.45) is 0 Å². The number of rotatable bonds is 5. The number of Topliss-reactive ketones (excluding diaryl/α,β-unsaturated/α-hetero) is 2. The molecule has 0 aliphatic heterocycles. The van der Waals surface area contributed by atoms with E-state index in [9.17, 15) is 14.4 Å². The van der Waals surface area contributed by atoms with Gasteiger partial charge in [0.05, 0.1) is 11.3 Å². The summed E-state index contributed by atoms with van der Waals surface area (Å²) in [5.41, 5.74) is 5.06. The maximum absolute atomic E-state index is 12.4. The van der Waals surface area contributed by atoms with Crippen LogP contribution < -0.4 is 0 Å². The zero-order valence-corrected chi connectivity index (χ0v) is 15.4. The summed E-state index contributed by atoms with van der Waals surface area (Å²) in [4.78, 5) is 39.3. The van der Waals surface area contributed by atoms with Crippen molar-refractivity contribution in [1.82, 2.24) is 4.98 Å². The van der Waals surface area contributed by atoms with Crippen LogP contribution in [0.15, 0.2) is 18.2 Å². The summed E-state index contributed by atoms with van der Waals surface area (Å²) in [6.45, 7) is 4.58. The maximum atomic E-state index is 12.4. The number of ketones is 2. The van der Waals surface area contributed by atoms with Gasteiger partial charge in [-0.25, -0.2) is 4.79 Å². The summed E-state index contributed by atoms with van der Waals surface area (Å²) in [5.74, 6) is -0.940. The first-order chi connectivity index (χ1) is 12.4. The molecule has 0 spiro atoms. The van der Waals surface area contributed by atoms with Gasteiger partial charge in [0.2, 0.25) is 5.78 Å². The third-order valence-electron chi connectivity index (χ3n) is 4.99. The zero-order valence-electron chi connectivity index (χ0n) is 15.4. The van der Waals surface area contributed by atoms with E-state index >= 15 is 0 Å². The molecule has 1 aliphatic carbocycles. The fourth-order valence-corrected chi connectivity index (χ4v) is 3.70. The Balaban J connectivity index is 1.69. The van der Waals surface area contributed by atoms with Crippen molar-refractivity contribution in [3.63, 3.8) is 0 Å². The van der Waals surface area contributed by atoms with E-state index in [0.29, 0.717) is 28.1 Å². The molecule has 1 N–H and O–H groups in total. The van der Waals surface area contributed by atoms with Crippen LogP contribution >= 0.6 is 0 Å². The van der Waals surface area contributed by atoms with Gasteiger partial charge in [0.15, 0.2) is 12.4 Å². The predicted octanol–water partition coefficient (Wildman–Crippen LogP) is 3.75. The van der Waals surface area contributed by atoms with E-state index in [0.717, 1.165) is 19.3 Å². The minimum Gasteiger partial charge on any atom is -0.454 e. The number of benzene rings is 1. The highest BCUT2D eigenvalue weighted by molar-refractivity contribution is 6.04. The van der Waals surface area contributed by atoms with Crippen LogP contribution in [0.5, 0.6) is 0 Å². The number of carbonyl (C=O) groups is 3. The second-order valence-corrected chi connectivity index (χ2v) is 6.87. The second kappa shape index (κ2) is 7.28. The van der Waals surface area contributed by atoms with Gasteiger partial charge in [-0.2, -0.15) is 0 Å². The molecule has 3 rings (SSSR count). The molecule has 1 aromatic heterocycles. The molecule has 1 heterocycles. The number of aromatic amines is 1. The molecular formula is C21H23NO4. The van der Waals surface area contributed by atoms with Crippen LogP contribution in [0.3, 0.4) is 0 Å². The molecule has 0 unspecified atom stereocenters. The Kier molecular flexibility index (Phi) is 5.07. The van der Waals surface area contributed by atoms with E-state index < -0.39 is 5.97 Å². The van der Waals surface area contributed by atoms with Gasteiger partial charge in [-0.05, 0) is 75.3 Å². The lowest BCUT2D eigenvalue weighted by molar-refractivity contribution is 0.0473. The summed E-state index contributed by atoms with van der Waals surface area (Å²) >= 11 is 0. The van der Waals surface area contributed by atoms with Gasteiger partial charge >= 0.3 is 5.97 Å². The molecule has 0 fully saturated rings. The van der Waals surface area contributed by atoms with Gasteiger partial charge in [0.25, 0.3) is 0 Å². The third-order valence-corrected chi connectivity index (χ3v) is 4.99. The maximum Gasteiger partial charge on any atom is 0.338 e. The molecule has 0 bridgehead atoms. The number of nitrogens with one attached hydrogen (secondary N) is 1. The number of carbonyl (C=O) groups excluding carboxylic acids is 3. The summed E-state index contributed by atoms with van der Waals surface area (Å²) in [6, 6.07) is 5.61. The SMILES string of the molecule is CC(=O)c1c(C)[nH]c(C(=O)COC(=O)c2ccc3c(c2)CCCC3)c1C. The number of ether oxygens (including phenoxy) is 1. The quantitative estimate of drug-likeness (QED) is 0.656. The lowest BCUT2D eigenvalue weighted by atomic mass is 9.90. The van der Waals surface area contributed by atoms with E-state index in [2.05, 4.69) is 4.98 Å². The van der Waals surface area contributed by atoms with Gasteiger partial charge in [-0.3, -0.25) is 9.59 Å². The second-order valence-electron chi connectivity index (χ2n) is 6.87. The first-order valence-electron chi connectivity index (χ1n) is 8.90. The van der Waals surface area contributed by atoms with Crippen molar-refractivity contribution < 1.29 is 19.1 Å². The average molecular weight is 353 g/mol. The van der Waals surface area contributed by atoms with Crippen LogP contribution in [0.4, 0.5) is 0 Å². The van der Waals surface area contributed by atoms with Crippen LogP contribution in [0.1, 0.15) is 73.4 Å². The van der Waals surface area contributed by atoms with E-state index in [-0.39, 0.29) is 18.2 Å². The Morgan fingerprint density at radius 1 is 1.08 bits per heavy atom. The summed E-state index contributed by atoms with van der Waals surface area (Å²) < 4.78 is 5.21. The van der Waals surface area contributed by atoms with Crippen molar-refractivity contribution >= 4 is 17.5 Å². The van der Waals surface area contributed by atoms with Crippen LogP contribution in [-0.2, 0) is 17.6 Å². The number of aromatic nitrogens is 1. The fraction of sp³-hybridized carbons (Fsp3) is 0.381. The summed E-state index contributed by atoms with van der Waals surface area (Å²) in [7, 11) is 0. The molecule has 2 aromatic rings. The molecule has 1 aliphatic rings. The highest BCUT2D eigenvalue weighted by Gasteiger charge is 2.21. The summed E-state index contributed by atoms with van der Waals surface area (Å²) in [5, 5.41) is 0. The lowest BCUT2D eigenvalue weighted by Crippen LogP contribution is -2.16. The molecule has 0 saturated heterocycles. The molecule has 0 radical (unpaired) electrons. The van der Waals surface area contributed by atoms with E-state index in [1.807, 2.05) is 12.1 Å². The van der Waals surface area contributed by atoms with E-state index in [1.54, 1.807) is 19.9 Å². The molecule has 136 valence electrons. The average Bonchev–Trinajstić information content (AvgIpc) is 2.93. The third kappa shape index (κ3) is 3.47. The Bertz CT molecular complexity index is 892. The standard InChI is InChI=1S/C21H23NO4/c1-12-19(14(3)23)13(2)22-20(12)18(24)11-26-21(25)17-9-8-15-6-4-5-7-16(15)10-17/h8-10,22H,4-7,11H2,1-3H3. The first-order valence-corrected chi connectivity index (χ1v) is 8.90. The first kappa shape index (κ1) is 18.1. The minimum atomic E-state index is -0.501. The van der Waals surface area contributed by atoms with Crippen LogP contribution in [-0.4, -0.2) is 29.1 Å². The van der Waals surface area contributed by atoms with Gasteiger partial charge < -0.3 is 9.72 Å². The molecule has 26 heavy (non-hydrogen) atoms. The predicted molar refractivity (Wildman–Crippen MR) is 98.0 cm³/mol. The van der Waals surface area contributed by atoms with Crippen molar-refractivity contribution in [2.75, 3.05) is 6.61 Å². The van der Waals surface area contributed by atoms with Crippen LogP contribution in [0.2, 0.25) is 0 Å². The molecule has 5 nitrogen and oxygen atoms in total. The number of aryl methyl sites for hydroxylation is 3. The lowest BCUT2D eigenvalue weighted by Gasteiger charge is -2.16. The van der Waals surface area contributed by atoms with Crippen LogP contribution in [0, 0.1) is 13.8 Å². The smallest absolute Gasteiger partial charge is 0.338 e. The zero-order chi connectivity index (χ0) is 18.8. The number of hydrogen-bond donors (Lipinski definition) is 1. The van der Waals surface area contributed by atoms with Crippen molar-refractivity contribution in [3.05, 3.63) is 57.4 Å². The monoisotopic (exact) mass is 353 g/mol. The highest BCUT2D eigenvalue weighted by Crippen LogP contribution is 2.23. The fourth-order valence-electron chi connectivity index (χ4n) is 3.70. The largest absolute Gasteiger partial charge is 0.454 e. The number of H-pyrrole nitrogens is 1. The Hall–Kier alpha value is -2.69. The van der Waals surface area contributed by atoms with Crippen LogP contribution in [0.25, 0.3) is 0 Å². The van der Waals surface area contributed by atoms with E-state index in [4.69, 9.17) is 4.74 Å². The Morgan fingerprint density at radius 3 is 2.42 bits per heavy atom. The Morgan fingerprint density at radius 2 is 1.77 bits per heavy atom. The minimum absolute atomic E-state index is 0.0960. The van der Waals surface area contributed by atoms with Gasteiger partial charge in [-0.15, -0.1) is 0 Å². The Labute approximate surface area is 152 Å². The van der Waals surface area contributed by atoms with Crippen molar-refractivity contribution in [1.29, 1.82) is 0 Å². The topological polar surface area (TPSA) is 76.2 Å². The molecule has 0 atom stereocenters. The van der Waals surface area contributed by atoms with E-state index in [1.165, 1.54) is 24.5 Å². The molecular weight excluding hydrogens is 330 g/mol. The van der Waals surface area contributed by atoms with Gasteiger partial charge in [0, 0.05) is 11.3 Å². The normalized spacial score (nSPS) is 13.2. The molecule has 5 heteroatoms. The van der Waals surface area contributed by atoms with Gasteiger partial charge in [0.1, 0.15) is 0 Å². The molecule has 0 amide bonds. The number of hydrogen-bond acceptors (Lipinski definition) is 4. The number of esters is 1. The van der Waals surface area contributed by atoms with Crippen molar-refractivity contribution in [3.8, 4) is 0 Å². The molecule has 1 aromatic carbocycles. The highest BCUT2D eigenvalue weighted by atomic mass is 16.5.